The maximum absolute atomic E-state index is 12.1. The predicted octanol–water partition coefficient (Wildman–Crippen LogP) is 1.93. The van der Waals surface area contributed by atoms with Crippen molar-refractivity contribution in [3.63, 3.8) is 0 Å². The van der Waals surface area contributed by atoms with Crippen LogP contribution in [0.5, 0.6) is 11.5 Å². The molecule has 1 fully saturated rings. The third kappa shape index (κ3) is 4.46. The van der Waals surface area contributed by atoms with Gasteiger partial charge in [-0.05, 0) is 35.5 Å². The summed E-state index contributed by atoms with van der Waals surface area (Å²) in [4.78, 5) is 45.9. The summed E-state index contributed by atoms with van der Waals surface area (Å²) in [7, 11) is 1.32. The number of ether oxygens (including phenoxy) is 2. The van der Waals surface area contributed by atoms with E-state index in [0.717, 1.165) is 0 Å². The van der Waals surface area contributed by atoms with Gasteiger partial charge >= 0.3 is 11.9 Å². The lowest BCUT2D eigenvalue weighted by molar-refractivity contribution is -0.140. The summed E-state index contributed by atoms with van der Waals surface area (Å²) in [5.41, 5.74) is 0.385. The van der Waals surface area contributed by atoms with Gasteiger partial charge in [-0.25, -0.2) is 4.79 Å². The van der Waals surface area contributed by atoms with Gasteiger partial charge in [0.1, 0.15) is 6.54 Å². The second-order valence-electron chi connectivity index (χ2n) is 4.88. The lowest BCUT2D eigenvalue weighted by atomic mass is 10.1. The molecule has 1 heterocycles. The topological polar surface area (TPSA) is 130 Å². The molecule has 0 radical (unpaired) electrons. The highest BCUT2D eigenvalue weighted by atomic mass is 35.5. The van der Waals surface area contributed by atoms with E-state index in [0.29, 0.717) is 22.2 Å². The van der Waals surface area contributed by atoms with E-state index in [1.807, 2.05) is 0 Å². The van der Waals surface area contributed by atoms with Gasteiger partial charge < -0.3 is 19.7 Å². The molecular weight excluding hydrogens is 390 g/mol. The average Bonchev–Trinajstić information content (AvgIpc) is 2.80. The van der Waals surface area contributed by atoms with Gasteiger partial charge in [0, 0.05) is 0 Å². The zero-order chi connectivity index (χ0) is 19.4. The Balaban J connectivity index is 2.32. The number of carboxylic acid groups (broad SMARTS) is 2. The normalized spacial score (nSPS) is 15.5. The zero-order valence-electron chi connectivity index (χ0n) is 13.2. The number of hydrogen-bond donors (Lipinski definition) is 2. The smallest absolute Gasteiger partial charge is 0.341 e. The third-order valence-electron chi connectivity index (χ3n) is 3.06. The van der Waals surface area contributed by atoms with Crippen molar-refractivity contribution >= 4 is 52.5 Å². The van der Waals surface area contributed by atoms with Gasteiger partial charge in [-0.3, -0.25) is 19.3 Å². The Morgan fingerprint density at radius 1 is 1.27 bits per heavy atom. The summed E-state index contributed by atoms with van der Waals surface area (Å²) in [5, 5.41) is 16.8. The fourth-order valence-electron chi connectivity index (χ4n) is 2.02. The SMILES string of the molecule is COc1cc(/C=C2\SC(=O)N(CC(=O)O)C2=O)cc(Cl)c1OCC(=O)O. The first-order valence-corrected chi connectivity index (χ1v) is 8.11. The minimum atomic E-state index is -1.31. The van der Waals surface area contributed by atoms with Crippen molar-refractivity contribution in [3.05, 3.63) is 27.6 Å². The fourth-order valence-corrected chi connectivity index (χ4v) is 3.13. The number of aliphatic carboxylic acids is 2. The van der Waals surface area contributed by atoms with Crippen LogP contribution in [0.3, 0.4) is 0 Å². The molecule has 11 heteroatoms. The number of nitrogens with zero attached hydrogens (tertiary/aromatic N) is 1. The molecule has 0 spiro atoms. The van der Waals surface area contributed by atoms with Crippen LogP contribution in [0.15, 0.2) is 17.0 Å². The Morgan fingerprint density at radius 3 is 2.54 bits per heavy atom. The van der Waals surface area contributed by atoms with E-state index in [1.54, 1.807) is 0 Å². The molecule has 0 aliphatic carbocycles. The summed E-state index contributed by atoms with van der Waals surface area (Å²) >= 11 is 6.67. The van der Waals surface area contributed by atoms with Gasteiger partial charge in [-0.15, -0.1) is 0 Å². The molecule has 2 amide bonds. The van der Waals surface area contributed by atoms with Crippen molar-refractivity contribution in [3.8, 4) is 11.5 Å². The maximum atomic E-state index is 12.1. The van der Waals surface area contributed by atoms with Crippen molar-refractivity contribution in [1.29, 1.82) is 0 Å². The van der Waals surface area contributed by atoms with Crippen molar-refractivity contribution in [1.82, 2.24) is 4.90 Å². The molecule has 9 nitrogen and oxygen atoms in total. The molecule has 0 bridgehead atoms. The number of carboxylic acids is 2. The molecule has 1 aliphatic rings. The highest BCUT2D eigenvalue weighted by Gasteiger charge is 2.36. The van der Waals surface area contributed by atoms with Crippen LogP contribution in [0.4, 0.5) is 4.79 Å². The van der Waals surface area contributed by atoms with Crippen LogP contribution in [0.25, 0.3) is 6.08 Å². The fraction of sp³-hybridized carbons (Fsp3) is 0.200. The molecule has 138 valence electrons. The Hall–Kier alpha value is -2.72. The third-order valence-corrected chi connectivity index (χ3v) is 4.24. The molecule has 0 aromatic heterocycles. The number of benzene rings is 1. The van der Waals surface area contributed by atoms with Gasteiger partial charge in [-0.1, -0.05) is 11.6 Å². The predicted molar refractivity (Wildman–Crippen MR) is 91.4 cm³/mol. The molecular formula is C15H12ClNO8S. The summed E-state index contributed by atoms with van der Waals surface area (Å²) in [6.45, 7) is -1.35. The second-order valence-corrected chi connectivity index (χ2v) is 6.28. The largest absolute Gasteiger partial charge is 0.493 e. The van der Waals surface area contributed by atoms with Crippen LogP contribution in [0.2, 0.25) is 5.02 Å². The number of methoxy groups -OCH3 is 1. The Morgan fingerprint density at radius 2 is 1.96 bits per heavy atom. The Labute approximate surface area is 156 Å². The van der Waals surface area contributed by atoms with Crippen molar-refractivity contribution in [2.75, 3.05) is 20.3 Å². The molecule has 1 aromatic carbocycles. The number of carbonyl (C=O) groups is 4. The Kier molecular flexibility index (Phi) is 6.11. The van der Waals surface area contributed by atoms with Crippen molar-refractivity contribution in [2.24, 2.45) is 0 Å². The van der Waals surface area contributed by atoms with Gasteiger partial charge in [0.15, 0.2) is 18.1 Å². The van der Waals surface area contributed by atoms with Crippen LogP contribution >= 0.6 is 23.4 Å². The standard InChI is InChI=1S/C15H12ClNO8S/c1-24-9-3-7(2-8(16)13(9)25-6-12(20)21)4-10-14(22)17(5-11(18)19)15(23)26-10/h2-4H,5-6H2,1H3,(H,18,19)(H,20,21)/b10-4-. The molecule has 0 atom stereocenters. The summed E-state index contributed by atoms with van der Waals surface area (Å²) < 4.78 is 10.2. The van der Waals surface area contributed by atoms with Crippen LogP contribution in [-0.4, -0.2) is 58.5 Å². The maximum Gasteiger partial charge on any atom is 0.341 e. The van der Waals surface area contributed by atoms with Crippen LogP contribution in [0.1, 0.15) is 5.56 Å². The minimum absolute atomic E-state index is 0.0210. The van der Waals surface area contributed by atoms with Crippen molar-refractivity contribution < 1.29 is 38.9 Å². The monoisotopic (exact) mass is 401 g/mol. The molecule has 1 saturated heterocycles. The summed E-state index contributed by atoms with van der Waals surface area (Å²) in [6.07, 6.45) is 1.35. The van der Waals surface area contributed by atoms with E-state index in [-0.39, 0.29) is 21.4 Å². The van der Waals surface area contributed by atoms with Crippen LogP contribution in [0, 0.1) is 0 Å². The van der Waals surface area contributed by atoms with Gasteiger partial charge in [0.2, 0.25) is 0 Å². The number of carbonyl (C=O) groups excluding carboxylic acids is 2. The van der Waals surface area contributed by atoms with E-state index >= 15 is 0 Å². The van der Waals surface area contributed by atoms with E-state index in [2.05, 4.69) is 0 Å². The lowest BCUT2D eigenvalue weighted by Gasteiger charge is -2.12. The first-order chi connectivity index (χ1) is 12.2. The number of hydrogen-bond acceptors (Lipinski definition) is 7. The van der Waals surface area contributed by atoms with Gasteiger partial charge in [0.25, 0.3) is 11.1 Å². The van der Waals surface area contributed by atoms with E-state index in [1.165, 1.54) is 25.3 Å². The first kappa shape index (κ1) is 19.6. The van der Waals surface area contributed by atoms with Crippen LogP contribution < -0.4 is 9.47 Å². The number of halogens is 1. The molecule has 26 heavy (non-hydrogen) atoms. The highest BCUT2D eigenvalue weighted by molar-refractivity contribution is 8.18. The van der Waals surface area contributed by atoms with E-state index in [4.69, 9.17) is 31.3 Å². The van der Waals surface area contributed by atoms with Gasteiger partial charge in [0.05, 0.1) is 17.0 Å². The van der Waals surface area contributed by atoms with Gasteiger partial charge in [-0.2, -0.15) is 0 Å². The van der Waals surface area contributed by atoms with Crippen molar-refractivity contribution in [2.45, 2.75) is 0 Å². The van der Waals surface area contributed by atoms with E-state index < -0.39 is 36.2 Å². The van der Waals surface area contributed by atoms with Crippen LogP contribution in [-0.2, 0) is 14.4 Å². The average molecular weight is 402 g/mol. The molecule has 1 aromatic rings. The molecule has 1 aliphatic heterocycles. The molecule has 2 N–H and O–H groups in total. The summed E-state index contributed by atoms with van der Waals surface area (Å²) in [6, 6.07) is 2.83. The number of rotatable bonds is 7. The zero-order valence-corrected chi connectivity index (χ0v) is 14.8. The molecule has 0 saturated carbocycles. The number of amides is 2. The molecule has 0 unspecified atom stereocenters. The summed E-state index contributed by atoms with van der Waals surface area (Å²) in [5.74, 6) is -3.08. The minimum Gasteiger partial charge on any atom is -0.493 e. The Bertz CT molecular complexity index is 822. The highest BCUT2D eigenvalue weighted by Crippen LogP contribution is 2.38. The lowest BCUT2D eigenvalue weighted by Crippen LogP contribution is -2.33. The van der Waals surface area contributed by atoms with E-state index in [9.17, 15) is 19.2 Å². The number of imide groups is 1. The second kappa shape index (κ2) is 8.11. The molecule has 2 rings (SSSR count). The first-order valence-electron chi connectivity index (χ1n) is 6.92. The number of thioether (sulfide) groups is 1. The quantitative estimate of drug-likeness (QED) is 0.658.